The van der Waals surface area contributed by atoms with Crippen LogP contribution < -0.4 is 15.4 Å². The fourth-order valence-electron chi connectivity index (χ4n) is 2.51. The highest BCUT2D eigenvalue weighted by molar-refractivity contribution is 6.04. The number of pyridine rings is 1. The van der Waals surface area contributed by atoms with E-state index in [1.807, 2.05) is 32.0 Å². The maximum absolute atomic E-state index is 12.4. The monoisotopic (exact) mass is 372 g/mol. The third-order valence-corrected chi connectivity index (χ3v) is 3.77. The number of rotatable bonds is 6. The summed E-state index contributed by atoms with van der Waals surface area (Å²) in [6.45, 7) is 3.92. The molecule has 0 radical (unpaired) electrons. The minimum Gasteiger partial charge on any atom is -0.491 e. The first-order valence-corrected chi connectivity index (χ1v) is 8.85. The summed E-state index contributed by atoms with van der Waals surface area (Å²) < 4.78 is 5.59. The van der Waals surface area contributed by atoms with Crippen LogP contribution in [0.4, 0.5) is 17.2 Å². The molecule has 2 aromatic carbocycles. The first-order chi connectivity index (χ1) is 13.5. The van der Waals surface area contributed by atoms with Gasteiger partial charge in [0.2, 0.25) is 0 Å². The van der Waals surface area contributed by atoms with Crippen LogP contribution in [-0.4, -0.2) is 17.0 Å². The van der Waals surface area contributed by atoms with Crippen molar-refractivity contribution in [1.29, 1.82) is 5.26 Å². The number of nitrogens with one attached hydrogen (secondary N) is 2. The molecule has 1 amide bonds. The van der Waals surface area contributed by atoms with E-state index in [0.29, 0.717) is 22.6 Å². The van der Waals surface area contributed by atoms with E-state index < -0.39 is 0 Å². The Morgan fingerprint density at radius 1 is 1.07 bits per heavy atom. The number of ether oxygens (including phenoxy) is 1. The van der Waals surface area contributed by atoms with Gasteiger partial charge in [-0.25, -0.2) is 4.98 Å². The van der Waals surface area contributed by atoms with Crippen molar-refractivity contribution in [2.24, 2.45) is 0 Å². The number of nitrogens with zero attached hydrogens (tertiary/aromatic N) is 2. The Kier molecular flexibility index (Phi) is 5.87. The summed E-state index contributed by atoms with van der Waals surface area (Å²) >= 11 is 0. The molecule has 0 saturated heterocycles. The van der Waals surface area contributed by atoms with Crippen LogP contribution in [0.2, 0.25) is 0 Å². The molecule has 1 heterocycles. The summed E-state index contributed by atoms with van der Waals surface area (Å²) in [4.78, 5) is 16.7. The molecule has 140 valence electrons. The lowest BCUT2D eigenvalue weighted by Crippen LogP contribution is -2.12. The van der Waals surface area contributed by atoms with Crippen LogP contribution in [0, 0.1) is 11.3 Å². The normalized spacial score (nSPS) is 10.2. The van der Waals surface area contributed by atoms with Crippen molar-refractivity contribution in [3.05, 3.63) is 78.0 Å². The third kappa shape index (κ3) is 5.08. The molecule has 0 aliphatic heterocycles. The van der Waals surface area contributed by atoms with Gasteiger partial charge in [0, 0.05) is 17.6 Å². The first kappa shape index (κ1) is 18.9. The SMILES string of the molecule is CC(C)Oc1ccc(NC(=O)c2ccc(Nc3cccc(C#N)c3)nc2)cc1. The molecule has 0 fully saturated rings. The molecule has 0 bridgehead atoms. The standard InChI is InChI=1S/C22H20N4O2/c1-15(2)28-20-9-7-18(8-10-20)26-22(27)17-6-11-21(24-14-17)25-19-5-3-4-16(12-19)13-23/h3-12,14-15H,1-2H3,(H,24,25)(H,26,27). The maximum Gasteiger partial charge on any atom is 0.257 e. The Hall–Kier alpha value is -3.85. The molecular weight excluding hydrogens is 352 g/mol. The van der Waals surface area contributed by atoms with Crippen LogP contribution in [0.3, 0.4) is 0 Å². The summed E-state index contributed by atoms with van der Waals surface area (Å²) in [5.74, 6) is 1.09. The fourth-order valence-corrected chi connectivity index (χ4v) is 2.51. The second-order valence-electron chi connectivity index (χ2n) is 6.39. The second kappa shape index (κ2) is 8.69. The minimum atomic E-state index is -0.247. The van der Waals surface area contributed by atoms with Crippen molar-refractivity contribution in [3.63, 3.8) is 0 Å². The van der Waals surface area contributed by atoms with Crippen molar-refractivity contribution in [1.82, 2.24) is 4.98 Å². The van der Waals surface area contributed by atoms with Crippen LogP contribution >= 0.6 is 0 Å². The summed E-state index contributed by atoms with van der Waals surface area (Å²) in [5, 5.41) is 14.9. The first-order valence-electron chi connectivity index (χ1n) is 8.85. The van der Waals surface area contributed by atoms with Gasteiger partial charge < -0.3 is 15.4 Å². The van der Waals surface area contributed by atoms with E-state index in [2.05, 4.69) is 21.7 Å². The zero-order valence-corrected chi connectivity index (χ0v) is 15.6. The lowest BCUT2D eigenvalue weighted by molar-refractivity contribution is 0.102. The fraction of sp³-hybridized carbons (Fsp3) is 0.136. The number of hydrogen-bond acceptors (Lipinski definition) is 5. The van der Waals surface area contributed by atoms with Gasteiger partial charge in [-0.05, 0) is 68.4 Å². The smallest absolute Gasteiger partial charge is 0.257 e. The zero-order chi connectivity index (χ0) is 19.9. The van der Waals surface area contributed by atoms with Gasteiger partial charge in [0.05, 0.1) is 23.3 Å². The molecule has 28 heavy (non-hydrogen) atoms. The molecule has 6 nitrogen and oxygen atoms in total. The van der Waals surface area contributed by atoms with Crippen LogP contribution in [0.5, 0.6) is 5.75 Å². The highest BCUT2D eigenvalue weighted by Crippen LogP contribution is 2.19. The minimum absolute atomic E-state index is 0.0982. The molecule has 0 saturated carbocycles. The van der Waals surface area contributed by atoms with Gasteiger partial charge in [0.15, 0.2) is 0 Å². The molecule has 3 aromatic rings. The quantitative estimate of drug-likeness (QED) is 0.653. The molecule has 0 aliphatic carbocycles. The van der Waals surface area contributed by atoms with Crippen molar-refractivity contribution in [2.45, 2.75) is 20.0 Å². The van der Waals surface area contributed by atoms with E-state index in [1.165, 1.54) is 6.20 Å². The molecule has 3 rings (SSSR count). The van der Waals surface area contributed by atoms with Crippen LogP contribution in [0.1, 0.15) is 29.8 Å². The number of aromatic nitrogens is 1. The molecule has 0 unspecified atom stereocenters. The largest absolute Gasteiger partial charge is 0.491 e. The van der Waals surface area contributed by atoms with Gasteiger partial charge >= 0.3 is 0 Å². The van der Waals surface area contributed by atoms with E-state index in [0.717, 1.165) is 11.4 Å². The predicted molar refractivity (Wildman–Crippen MR) is 109 cm³/mol. The number of anilines is 3. The average Bonchev–Trinajstić information content (AvgIpc) is 2.70. The van der Waals surface area contributed by atoms with Crippen LogP contribution in [-0.2, 0) is 0 Å². The third-order valence-electron chi connectivity index (χ3n) is 3.77. The molecule has 0 spiro atoms. The van der Waals surface area contributed by atoms with Gasteiger partial charge in [-0.3, -0.25) is 4.79 Å². The number of hydrogen-bond donors (Lipinski definition) is 2. The van der Waals surface area contributed by atoms with Gasteiger partial charge in [0.1, 0.15) is 11.6 Å². The molecule has 0 aliphatic rings. The summed E-state index contributed by atoms with van der Waals surface area (Å²) in [5.41, 5.74) is 2.44. The molecule has 6 heteroatoms. The van der Waals surface area contributed by atoms with Crippen molar-refractivity contribution < 1.29 is 9.53 Å². The summed E-state index contributed by atoms with van der Waals surface area (Å²) in [6, 6.07) is 19.8. The van der Waals surface area contributed by atoms with Crippen molar-refractivity contribution >= 4 is 23.1 Å². The molecule has 2 N–H and O–H groups in total. The molecule has 0 atom stereocenters. The van der Waals surface area contributed by atoms with Gasteiger partial charge in [-0.15, -0.1) is 0 Å². The Bertz CT molecular complexity index is 990. The Labute approximate surface area is 163 Å². The van der Waals surface area contributed by atoms with Crippen LogP contribution in [0.25, 0.3) is 0 Å². The van der Waals surface area contributed by atoms with Gasteiger partial charge in [-0.2, -0.15) is 5.26 Å². The lowest BCUT2D eigenvalue weighted by atomic mass is 10.2. The summed E-state index contributed by atoms with van der Waals surface area (Å²) in [6.07, 6.45) is 1.60. The number of amides is 1. The number of benzene rings is 2. The Morgan fingerprint density at radius 2 is 1.86 bits per heavy atom. The number of nitriles is 1. The van der Waals surface area contributed by atoms with E-state index >= 15 is 0 Å². The van der Waals surface area contributed by atoms with E-state index in [1.54, 1.807) is 42.5 Å². The van der Waals surface area contributed by atoms with Crippen LogP contribution in [0.15, 0.2) is 66.9 Å². The average molecular weight is 372 g/mol. The maximum atomic E-state index is 12.4. The van der Waals surface area contributed by atoms with E-state index in [-0.39, 0.29) is 12.0 Å². The molecule has 1 aromatic heterocycles. The number of carbonyl (C=O) groups excluding carboxylic acids is 1. The van der Waals surface area contributed by atoms with E-state index in [4.69, 9.17) is 10.00 Å². The van der Waals surface area contributed by atoms with Crippen molar-refractivity contribution in [3.8, 4) is 11.8 Å². The van der Waals surface area contributed by atoms with Gasteiger partial charge in [-0.1, -0.05) is 6.07 Å². The highest BCUT2D eigenvalue weighted by atomic mass is 16.5. The second-order valence-corrected chi connectivity index (χ2v) is 6.39. The van der Waals surface area contributed by atoms with Gasteiger partial charge in [0.25, 0.3) is 5.91 Å². The van der Waals surface area contributed by atoms with Crippen molar-refractivity contribution in [2.75, 3.05) is 10.6 Å². The Morgan fingerprint density at radius 3 is 2.50 bits per heavy atom. The summed E-state index contributed by atoms with van der Waals surface area (Å²) in [7, 11) is 0. The predicted octanol–water partition coefficient (Wildman–Crippen LogP) is 4.74. The lowest BCUT2D eigenvalue weighted by Gasteiger charge is -2.11. The molecular formula is C22H20N4O2. The zero-order valence-electron chi connectivity index (χ0n) is 15.6. The van der Waals surface area contributed by atoms with E-state index in [9.17, 15) is 4.79 Å². The highest BCUT2D eigenvalue weighted by Gasteiger charge is 2.08. The topological polar surface area (TPSA) is 87.0 Å². The number of carbonyl (C=O) groups is 1. The Balaban J connectivity index is 1.62.